The number of hydrogen-bond acceptors (Lipinski definition) is 3. The van der Waals surface area contributed by atoms with Crippen LogP contribution in [0.1, 0.15) is 43.8 Å². The van der Waals surface area contributed by atoms with E-state index in [1.807, 2.05) is 12.5 Å². The van der Waals surface area contributed by atoms with Crippen molar-refractivity contribution in [3.05, 3.63) is 18.2 Å². The smallest absolute Gasteiger partial charge is 0.0948 e. The summed E-state index contributed by atoms with van der Waals surface area (Å²) in [6.07, 6.45) is 10.6. The molecule has 0 aromatic carbocycles. The van der Waals surface area contributed by atoms with E-state index in [1.165, 1.54) is 57.4 Å². The molecule has 1 unspecified atom stereocenters. The van der Waals surface area contributed by atoms with Crippen LogP contribution in [0.2, 0.25) is 0 Å². The highest BCUT2D eigenvalue weighted by Gasteiger charge is 2.19. The van der Waals surface area contributed by atoms with Crippen molar-refractivity contribution in [2.75, 3.05) is 26.2 Å². The quantitative estimate of drug-likeness (QED) is 0.862. The summed E-state index contributed by atoms with van der Waals surface area (Å²) in [5, 5.41) is 3.56. The van der Waals surface area contributed by atoms with E-state index in [4.69, 9.17) is 0 Å². The van der Waals surface area contributed by atoms with Gasteiger partial charge >= 0.3 is 0 Å². The number of aromatic nitrogens is 2. The molecule has 0 radical (unpaired) electrons. The Labute approximate surface area is 109 Å². The molecule has 18 heavy (non-hydrogen) atoms. The second kappa shape index (κ2) is 5.85. The first-order valence-electron chi connectivity index (χ1n) is 7.39. The van der Waals surface area contributed by atoms with E-state index >= 15 is 0 Å². The van der Waals surface area contributed by atoms with Crippen molar-refractivity contribution in [3.63, 3.8) is 0 Å². The summed E-state index contributed by atoms with van der Waals surface area (Å²) >= 11 is 0. The molecule has 3 rings (SSSR count). The van der Waals surface area contributed by atoms with Crippen molar-refractivity contribution in [3.8, 4) is 0 Å². The summed E-state index contributed by atoms with van der Waals surface area (Å²) in [6.45, 7) is 6.13. The second-order valence-corrected chi connectivity index (χ2v) is 5.56. The maximum atomic E-state index is 4.33. The largest absolute Gasteiger partial charge is 0.333 e. The fourth-order valence-corrected chi connectivity index (χ4v) is 3.22. The first-order chi connectivity index (χ1) is 8.93. The Bertz CT molecular complexity index is 362. The monoisotopic (exact) mass is 248 g/mol. The molecule has 0 bridgehead atoms. The molecule has 2 aliphatic heterocycles. The number of hydrogen-bond donors (Lipinski definition) is 1. The second-order valence-electron chi connectivity index (χ2n) is 5.56. The van der Waals surface area contributed by atoms with E-state index in [0.29, 0.717) is 6.04 Å². The van der Waals surface area contributed by atoms with Gasteiger partial charge in [-0.3, -0.25) is 0 Å². The highest BCUT2D eigenvalue weighted by molar-refractivity contribution is 5.07. The van der Waals surface area contributed by atoms with Crippen LogP contribution in [0.25, 0.3) is 0 Å². The molecule has 4 heteroatoms. The van der Waals surface area contributed by atoms with E-state index in [2.05, 4.69) is 19.8 Å². The molecule has 0 amide bonds. The molecule has 4 nitrogen and oxygen atoms in total. The molecule has 2 aliphatic rings. The van der Waals surface area contributed by atoms with Crippen LogP contribution in [0.4, 0.5) is 0 Å². The van der Waals surface area contributed by atoms with Gasteiger partial charge < -0.3 is 14.8 Å². The van der Waals surface area contributed by atoms with Crippen LogP contribution >= 0.6 is 0 Å². The minimum absolute atomic E-state index is 0.541. The Hall–Kier alpha value is -0.870. The molecule has 1 aromatic rings. The Kier molecular flexibility index (Phi) is 3.96. The summed E-state index contributed by atoms with van der Waals surface area (Å²) in [5.74, 6) is 0. The van der Waals surface area contributed by atoms with Gasteiger partial charge in [-0.25, -0.2) is 4.98 Å². The first-order valence-corrected chi connectivity index (χ1v) is 7.39. The van der Waals surface area contributed by atoms with Crippen LogP contribution in [-0.4, -0.2) is 40.6 Å². The van der Waals surface area contributed by atoms with Crippen molar-refractivity contribution >= 4 is 0 Å². The van der Waals surface area contributed by atoms with E-state index in [9.17, 15) is 0 Å². The summed E-state index contributed by atoms with van der Waals surface area (Å²) in [7, 11) is 0. The van der Waals surface area contributed by atoms with Crippen LogP contribution in [-0.2, 0) is 6.54 Å². The van der Waals surface area contributed by atoms with Crippen LogP contribution in [0.3, 0.4) is 0 Å². The average molecular weight is 248 g/mol. The average Bonchev–Trinajstić information content (AvgIpc) is 3.12. The van der Waals surface area contributed by atoms with Crippen molar-refractivity contribution in [1.82, 2.24) is 19.8 Å². The third-order valence-electron chi connectivity index (χ3n) is 4.23. The van der Waals surface area contributed by atoms with E-state index < -0.39 is 0 Å². The Morgan fingerprint density at radius 2 is 2.11 bits per heavy atom. The van der Waals surface area contributed by atoms with Crippen LogP contribution in [0.5, 0.6) is 0 Å². The molecule has 0 aliphatic carbocycles. The fourth-order valence-electron chi connectivity index (χ4n) is 3.22. The minimum atomic E-state index is 0.541. The highest BCUT2D eigenvalue weighted by Crippen LogP contribution is 2.22. The Morgan fingerprint density at radius 1 is 1.22 bits per heavy atom. The third kappa shape index (κ3) is 2.75. The predicted molar refractivity (Wildman–Crippen MR) is 72.5 cm³/mol. The zero-order chi connectivity index (χ0) is 12.2. The number of nitrogens with zero attached hydrogens (tertiary/aromatic N) is 3. The number of likely N-dealkylation sites (tertiary alicyclic amines) is 1. The fraction of sp³-hybridized carbons (Fsp3) is 0.786. The van der Waals surface area contributed by atoms with Crippen LogP contribution < -0.4 is 5.32 Å². The topological polar surface area (TPSA) is 33.1 Å². The molecule has 1 aromatic heterocycles. The Balaban J connectivity index is 1.51. The molecule has 2 saturated heterocycles. The molecular weight excluding hydrogens is 224 g/mol. The van der Waals surface area contributed by atoms with Gasteiger partial charge in [-0.15, -0.1) is 0 Å². The molecule has 0 saturated carbocycles. The third-order valence-corrected chi connectivity index (χ3v) is 4.23. The zero-order valence-corrected chi connectivity index (χ0v) is 11.1. The van der Waals surface area contributed by atoms with Gasteiger partial charge in [0.2, 0.25) is 0 Å². The lowest BCUT2D eigenvalue weighted by Gasteiger charge is -2.17. The molecule has 1 N–H and O–H groups in total. The van der Waals surface area contributed by atoms with Crippen molar-refractivity contribution in [1.29, 1.82) is 0 Å². The molecule has 1 atom stereocenters. The summed E-state index contributed by atoms with van der Waals surface area (Å²) in [4.78, 5) is 6.91. The van der Waals surface area contributed by atoms with Crippen molar-refractivity contribution in [2.45, 2.75) is 44.7 Å². The van der Waals surface area contributed by atoms with Gasteiger partial charge in [0.05, 0.1) is 12.0 Å². The van der Waals surface area contributed by atoms with Gasteiger partial charge in [-0.2, -0.15) is 0 Å². The lowest BCUT2D eigenvalue weighted by Crippen LogP contribution is -2.22. The lowest BCUT2D eigenvalue weighted by atomic mass is 10.2. The molecular formula is C14H24N4. The van der Waals surface area contributed by atoms with Crippen LogP contribution in [0, 0.1) is 0 Å². The Morgan fingerprint density at radius 3 is 2.89 bits per heavy atom. The molecule has 100 valence electrons. The number of rotatable bonds is 5. The van der Waals surface area contributed by atoms with Crippen molar-refractivity contribution in [2.24, 2.45) is 0 Å². The van der Waals surface area contributed by atoms with E-state index in [0.717, 1.165) is 13.1 Å². The van der Waals surface area contributed by atoms with Gasteiger partial charge in [-0.05, 0) is 58.3 Å². The maximum Gasteiger partial charge on any atom is 0.0948 e. The number of imidazole rings is 1. The summed E-state index contributed by atoms with van der Waals surface area (Å²) in [5.41, 5.74) is 1.38. The standard InChI is InChI=1S/C14H24N4/c1-2-8-17(7-1)9-4-10-18-12-15-11-14(18)13-5-3-6-16-13/h11-13,16H,1-10H2. The SMILES string of the molecule is c1ncn(CCCN2CCCC2)c1C1CCCN1. The van der Waals surface area contributed by atoms with Gasteiger partial charge in [0.15, 0.2) is 0 Å². The van der Waals surface area contributed by atoms with Gasteiger partial charge in [0.1, 0.15) is 0 Å². The first kappa shape index (κ1) is 12.2. The molecule has 0 spiro atoms. The normalized spacial score (nSPS) is 25.0. The van der Waals surface area contributed by atoms with E-state index in [1.54, 1.807) is 0 Å². The summed E-state index contributed by atoms with van der Waals surface area (Å²) < 4.78 is 2.35. The molecule has 3 heterocycles. The minimum Gasteiger partial charge on any atom is -0.333 e. The van der Waals surface area contributed by atoms with Gasteiger partial charge in [0, 0.05) is 18.8 Å². The van der Waals surface area contributed by atoms with Gasteiger partial charge in [0.25, 0.3) is 0 Å². The predicted octanol–water partition coefficient (Wildman–Crippen LogP) is 1.79. The van der Waals surface area contributed by atoms with Crippen LogP contribution in [0.15, 0.2) is 12.5 Å². The van der Waals surface area contributed by atoms with Gasteiger partial charge in [-0.1, -0.05) is 0 Å². The lowest BCUT2D eigenvalue weighted by molar-refractivity contribution is 0.323. The molecule has 2 fully saturated rings. The maximum absolute atomic E-state index is 4.33. The van der Waals surface area contributed by atoms with Crippen molar-refractivity contribution < 1.29 is 0 Å². The highest BCUT2D eigenvalue weighted by atomic mass is 15.1. The zero-order valence-electron chi connectivity index (χ0n) is 11.1. The summed E-state index contributed by atoms with van der Waals surface area (Å²) in [6, 6.07) is 0.541. The number of nitrogens with one attached hydrogen (secondary N) is 1. The van der Waals surface area contributed by atoms with E-state index in [-0.39, 0.29) is 0 Å². The number of aryl methyl sites for hydroxylation is 1.